The zero-order chi connectivity index (χ0) is 13.7. The van der Waals surface area contributed by atoms with Gasteiger partial charge in [-0.3, -0.25) is 15.1 Å². The maximum atomic E-state index is 12.2. The average Bonchev–Trinajstić information content (AvgIpc) is 2.89. The van der Waals surface area contributed by atoms with Gasteiger partial charge in [-0.15, -0.1) is 11.3 Å². The van der Waals surface area contributed by atoms with E-state index in [0.29, 0.717) is 10.7 Å². The van der Waals surface area contributed by atoms with E-state index in [1.165, 1.54) is 11.3 Å². The van der Waals surface area contributed by atoms with Crippen LogP contribution >= 0.6 is 11.3 Å². The minimum atomic E-state index is -0.193. The van der Waals surface area contributed by atoms with Crippen LogP contribution in [0.5, 0.6) is 0 Å². The minimum absolute atomic E-state index is 0.193. The van der Waals surface area contributed by atoms with Crippen LogP contribution in [0, 0.1) is 6.92 Å². The van der Waals surface area contributed by atoms with Crippen molar-refractivity contribution in [3.05, 3.63) is 35.1 Å². The van der Waals surface area contributed by atoms with Crippen LogP contribution in [0.4, 0.5) is 10.8 Å². The summed E-state index contributed by atoms with van der Waals surface area (Å²) in [4.78, 5) is 20.4. The third-order valence-corrected chi connectivity index (χ3v) is 3.19. The lowest BCUT2D eigenvalue weighted by Gasteiger charge is -2.11. The molecular formula is C13H16N4OS. The number of carbonyl (C=O) groups excluding carboxylic acids is 1. The molecule has 0 radical (unpaired) electrons. The van der Waals surface area contributed by atoms with Crippen molar-refractivity contribution in [2.45, 2.75) is 20.3 Å². The first-order chi connectivity index (χ1) is 9.20. The lowest BCUT2D eigenvalue weighted by Crippen LogP contribution is -2.15. The van der Waals surface area contributed by atoms with Gasteiger partial charge in [0.25, 0.3) is 5.91 Å². The summed E-state index contributed by atoms with van der Waals surface area (Å²) in [6, 6.07) is 1.88. The number of hydrogen-bond acceptors (Lipinski definition) is 5. The van der Waals surface area contributed by atoms with Gasteiger partial charge in [0.1, 0.15) is 0 Å². The monoisotopic (exact) mass is 276 g/mol. The molecule has 0 saturated heterocycles. The normalized spacial score (nSPS) is 10.2. The maximum Gasteiger partial charge on any atom is 0.261 e. The molecule has 0 saturated carbocycles. The van der Waals surface area contributed by atoms with Crippen LogP contribution in [-0.4, -0.2) is 22.4 Å². The molecule has 0 unspecified atom stereocenters. The summed E-state index contributed by atoms with van der Waals surface area (Å²) in [5.41, 5.74) is 2.22. The number of nitrogens with one attached hydrogen (secondary N) is 2. The number of nitrogens with zero attached hydrogens (tertiary/aromatic N) is 2. The van der Waals surface area contributed by atoms with E-state index in [9.17, 15) is 4.79 Å². The molecule has 2 N–H and O–H groups in total. The standard InChI is InChI=1S/C13H16N4OS/c1-3-4-14-11-7-9(2)16-8-10(11)12(18)17-13-15-5-6-19-13/h5-8H,3-4H2,1-2H3,(H,14,16)(H,15,17,18). The van der Waals surface area contributed by atoms with Gasteiger partial charge in [-0.25, -0.2) is 4.98 Å². The van der Waals surface area contributed by atoms with E-state index in [1.807, 2.05) is 18.4 Å². The number of amides is 1. The Morgan fingerprint density at radius 3 is 2.95 bits per heavy atom. The lowest BCUT2D eigenvalue weighted by molar-refractivity contribution is 0.102. The van der Waals surface area contributed by atoms with Crippen molar-refractivity contribution in [2.24, 2.45) is 0 Å². The molecule has 0 aliphatic rings. The smallest absolute Gasteiger partial charge is 0.261 e. The van der Waals surface area contributed by atoms with Crippen LogP contribution in [0.15, 0.2) is 23.8 Å². The van der Waals surface area contributed by atoms with Crippen molar-refractivity contribution in [1.29, 1.82) is 0 Å². The van der Waals surface area contributed by atoms with Gasteiger partial charge in [0.05, 0.1) is 11.3 Å². The summed E-state index contributed by atoms with van der Waals surface area (Å²) in [7, 11) is 0. The van der Waals surface area contributed by atoms with Crippen LogP contribution in [-0.2, 0) is 0 Å². The first kappa shape index (κ1) is 13.5. The third kappa shape index (κ3) is 3.51. The Hall–Kier alpha value is -1.95. The lowest BCUT2D eigenvalue weighted by atomic mass is 10.2. The van der Waals surface area contributed by atoms with Gasteiger partial charge in [0, 0.05) is 30.0 Å². The zero-order valence-corrected chi connectivity index (χ0v) is 11.8. The fourth-order valence-corrected chi connectivity index (χ4v) is 2.12. The molecule has 0 atom stereocenters. The van der Waals surface area contributed by atoms with Crippen molar-refractivity contribution < 1.29 is 4.79 Å². The zero-order valence-electron chi connectivity index (χ0n) is 10.9. The van der Waals surface area contributed by atoms with Crippen molar-refractivity contribution >= 4 is 28.1 Å². The molecule has 0 fully saturated rings. The first-order valence-corrected chi connectivity index (χ1v) is 7.00. The van der Waals surface area contributed by atoms with Crippen molar-refractivity contribution in [2.75, 3.05) is 17.2 Å². The fraction of sp³-hybridized carbons (Fsp3) is 0.308. The Morgan fingerprint density at radius 1 is 1.42 bits per heavy atom. The van der Waals surface area contributed by atoms with E-state index in [-0.39, 0.29) is 5.91 Å². The van der Waals surface area contributed by atoms with E-state index in [1.54, 1.807) is 12.4 Å². The Morgan fingerprint density at radius 2 is 2.26 bits per heavy atom. The Labute approximate surface area is 116 Å². The van der Waals surface area contributed by atoms with Crippen LogP contribution in [0.25, 0.3) is 0 Å². The predicted molar refractivity (Wildman–Crippen MR) is 77.8 cm³/mol. The van der Waals surface area contributed by atoms with E-state index >= 15 is 0 Å². The average molecular weight is 276 g/mol. The number of aryl methyl sites for hydroxylation is 1. The molecule has 0 aliphatic heterocycles. The predicted octanol–water partition coefficient (Wildman–Crippen LogP) is 2.92. The van der Waals surface area contributed by atoms with E-state index in [2.05, 4.69) is 27.5 Å². The Kier molecular flexibility index (Phi) is 4.46. The van der Waals surface area contributed by atoms with Crippen LogP contribution in [0.1, 0.15) is 29.4 Å². The summed E-state index contributed by atoms with van der Waals surface area (Å²) < 4.78 is 0. The maximum absolute atomic E-state index is 12.2. The molecular weight excluding hydrogens is 260 g/mol. The van der Waals surface area contributed by atoms with Gasteiger partial charge in [0.15, 0.2) is 5.13 Å². The van der Waals surface area contributed by atoms with E-state index in [4.69, 9.17) is 0 Å². The summed E-state index contributed by atoms with van der Waals surface area (Å²) in [5.74, 6) is -0.193. The number of anilines is 2. The number of rotatable bonds is 5. The molecule has 2 rings (SSSR count). The van der Waals surface area contributed by atoms with Gasteiger partial charge in [0.2, 0.25) is 0 Å². The SMILES string of the molecule is CCCNc1cc(C)ncc1C(=O)Nc1nccs1. The van der Waals surface area contributed by atoms with Crippen molar-refractivity contribution in [3.63, 3.8) is 0 Å². The van der Waals surface area contributed by atoms with Crippen LogP contribution in [0.3, 0.4) is 0 Å². The molecule has 0 aliphatic carbocycles. The number of aromatic nitrogens is 2. The molecule has 2 heterocycles. The van der Waals surface area contributed by atoms with Gasteiger partial charge >= 0.3 is 0 Å². The van der Waals surface area contributed by atoms with Crippen LogP contribution < -0.4 is 10.6 Å². The first-order valence-electron chi connectivity index (χ1n) is 6.12. The second kappa shape index (κ2) is 6.29. The molecule has 2 aromatic heterocycles. The quantitative estimate of drug-likeness (QED) is 0.881. The van der Waals surface area contributed by atoms with E-state index < -0.39 is 0 Å². The molecule has 6 heteroatoms. The molecule has 2 aromatic rings. The highest BCUT2D eigenvalue weighted by molar-refractivity contribution is 7.13. The second-order valence-electron chi connectivity index (χ2n) is 4.09. The number of hydrogen-bond donors (Lipinski definition) is 2. The summed E-state index contributed by atoms with van der Waals surface area (Å²) in [5, 5.41) is 8.42. The second-order valence-corrected chi connectivity index (χ2v) is 4.98. The van der Waals surface area contributed by atoms with Crippen LogP contribution in [0.2, 0.25) is 0 Å². The van der Waals surface area contributed by atoms with Gasteiger partial charge in [-0.2, -0.15) is 0 Å². The molecule has 1 amide bonds. The van der Waals surface area contributed by atoms with E-state index in [0.717, 1.165) is 24.3 Å². The molecule has 0 aromatic carbocycles. The van der Waals surface area contributed by atoms with Gasteiger partial charge < -0.3 is 5.32 Å². The highest BCUT2D eigenvalue weighted by Crippen LogP contribution is 2.18. The number of thiazole rings is 1. The highest BCUT2D eigenvalue weighted by Gasteiger charge is 2.13. The largest absolute Gasteiger partial charge is 0.384 e. The van der Waals surface area contributed by atoms with Gasteiger partial charge in [-0.05, 0) is 19.4 Å². The minimum Gasteiger partial charge on any atom is -0.384 e. The topological polar surface area (TPSA) is 66.9 Å². The molecule has 5 nitrogen and oxygen atoms in total. The van der Waals surface area contributed by atoms with Gasteiger partial charge in [-0.1, -0.05) is 6.92 Å². The fourth-order valence-electron chi connectivity index (χ4n) is 1.60. The summed E-state index contributed by atoms with van der Waals surface area (Å²) in [6.45, 7) is 4.80. The summed E-state index contributed by atoms with van der Waals surface area (Å²) >= 11 is 1.39. The molecule has 100 valence electrons. The highest BCUT2D eigenvalue weighted by atomic mass is 32.1. The number of carbonyl (C=O) groups is 1. The summed E-state index contributed by atoms with van der Waals surface area (Å²) in [6.07, 6.45) is 4.25. The van der Waals surface area contributed by atoms with Crippen molar-refractivity contribution in [1.82, 2.24) is 9.97 Å². The van der Waals surface area contributed by atoms with Crippen molar-refractivity contribution in [3.8, 4) is 0 Å². The molecule has 0 spiro atoms. The molecule has 0 bridgehead atoms. The molecule has 19 heavy (non-hydrogen) atoms. The number of pyridine rings is 1. The third-order valence-electron chi connectivity index (χ3n) is 2.50. The Balaban J connectivity index is 2.20. The Bertz CT molecular complexity index is 554.